The summed E-state index contributed by atoms with van der Waals surface area (Å²) in [6, 6.07) is 28.5. The van der Waals surface area contributed by atoms with Gasteiger partial charge in [0, 0.05) is 30.7 Å². The fraction of sp³-hybridized carbons (Fsp3) is 0.477. The summed E-state index contributed by atoms with van der Waals surface area (Å²) in [4.78, 5) is 60.1. The van der Waals surface area contributed by atoms with Gasteiger partial charge in [0.1, 0.15) is 23.6 Å². The van der Waals surface area contributed by atoms with Crippen LogP contribution in [0.15, 0.2) is 84.9 Å². The maximum absolute atomic E-state index is 14.3. The van der Waals surface area contributed by atoms with Gasteiger partial charge in [0.05, 0.1) is 24.2 Å². The quantitative estimate of drug-likeness (QED) is 0.186. The molecule has 3 saturated heterocycles. The Balaban J connectivity index is 1.20. The normalized spacial score (nSPS) is 22.9. The topological polar surface area (TPSA) is 120 Å². The number of amides is 3. The molecule has 3 fully saturated rings. The SMILES string of the molecule is COc1ccccc1N1CCCC[C@H](NC(=O)[C@H](CC[C@H](Cc2ccccc2)C(=O)C[C@H]2CCS[C@H]3CCC[C@@H](C#N)N3C2=O)Cc2ccccc2)C1=O. The minimum absolute atomic E-state index is 0.00415. The maximum atomic E-state index is 14.3. The predicted molar refractivity (Wildman–Crippen MR) is 212 cm³/mol. The summed E-state index contributed by atoms with van der Waals surface area (Å²) >= 11 is 1.73. The number of rotatable bonds is 14. The van der Waals surface area contributed by atoms with Gasteiger partial charge in [0.15, 0.2) is 0 Å². The summed E-state index contributed by atoms with van der Waals surface area (Å²) in [6.45, 7) is 0.542. The van der Waals surface area contributed by atoms with Crippen molar-refractivity contribution in [3.63, 3.8) is 0 Å². The van der Waals surface area contributed by atoms with Gasteiger partial charge in [-0.25, -0.2) is 0 Å². The molecule has 3 amide bonds. The van der Waals surface area contributed by atoms with E-state index in [9.17, 15) is 24.4 Å². The first-order valence-electron chi connectivity index (χ1n) is 19.5. The van der Waals surface area contributed by atoms with E-state index in [0.29, 0.717) is 62.9 Å². The van der Waals surface area contributed by atoms with Crippen LogP contribution in [0.2, 0.25) is 0 Å². The van der Waals surface area contributed by atoms with Crippen LogP contribution in [0.3, 0.4) is 0 Å². The molecule has 3 aliphatic rings. The molecule has 3 aromatic carbocycles. The second-order valence-electron chi connectivity index (χ2n) is 14.9. The van der Waals surface area contributed by atoms with Crippen molar-refractivity contribution in [2.24, 2.45) is 17.8 Å². The van der Waals surface area contributed by atoms with Gasteiger partial charge >= 0.3 is 0 Å². The molecule has 3 aliphatic heterocycles. The highest BCUT2D eigenvalue weighted by atomic mass is 32.2. The smallest absolute Gasteiger partial charge is 0.249 e. The molecule has 10 heteroatoms. The first-order chi connectivity index (χ1) is 26.4. The molecule has 0 spiro atoms. The van der Waals surface area contributed by atoms with Gasteiger partial charge in [-0.05, 0) is 99.6 Å². The number of hydrogen-bond donors (Lipinski definition) is 1. The fourth-order valence-corrected chi connectivity index (χ4v) is 9.73. The average molecular weight is 749 g/mol. The van der Waals surface area contributed by atoms with Crippen molar-refractivity contribution >= 4 is 41.0 Å². The van der Waals surface area contributed by atoms with Crippen molar-refractivity contribution < 1.29 is 23.9 Å². The monoisotopic (exact) mass is 748 g/mol. The van der Waals surface area contributed by atoms with Crippen molar-refractivity contribution in [3.8, 4) is 11.8 Å². The largest absolute Gasteiger partial charge is 0.495 e. The molecule has 284 valence electrons. The highest BCUT2D eigenvalue weighted by Crippen LogP contribution is 2.37. The van der Waals surface area contributed by atoms with E-state index in [1.54, 1.807) is 28.7 Å². The third kappa shape index (κ3) is 9.72. The Bertz CT molecular complexity index is 1780. The Kier molecular flexibility index (Phi) is 13.8. The van der Waals surface area contributed by atoms with E-state index in [1.165, 1.54) is 0 Å². The minimum atomic E-state index is -0.681. The zero-order valence-corrected chi connectivity index (χ0v) is 32.1. The summed E-state index contributed by atoms with van der Waals surface area (Å²) in [5.74, 6) is -0.336. The van der Waals surface area contributed by atoms with E-state index in [4.69, 9.17) is 4.74 Å². The molecule has 6 atom stereocenters. The number of thioether (sulfide) groups is 1. The number of ketones is 1. The van der Waals surface area contributed by atoms with E-state index in [-0.39, 0.29) is 35.3 Å². The third-order valence-electron chi connectivity index (χ3n) is 11.3. The number of para-hydroxylation sites is 2. The lowest BCUT2D eigenvalue weighted by atomic mass is 9.82. The van der Waals surface area contributed by atoms with Gasteiger partial charge in [0.25, 0.3) is 0 Å². The highest BCUT2D eigenvalue weighted by molar-refractivity contribution is 7.99. The number of nitriles is 1. The Hall–Kier alpha value is -4.62. The van der Waals surface area contributed by atoms with Gasteiger partial charge in [-0.3, -0.25) is 19.2 Å². The van der Waals surface area contributed by atoms with Crippen LogP contribution in [0.5, 0.6) is 5.75 Å². The van der Waals surface area contributed by atoms with Crippen molar-refractivity contribution in [3.05, 3.63) is 96.1 Å². The lowest BCUT2D eigenvalue weighted by molar-refractivity contribution is -0.141. The molecule has 0 radical (unpaired) electrons. The van der Waals surface area contributed by atoms with Crippen LogP contribution in [0, 0.1) is 29.1 Å². The number of carbonyl (C=O) groups is 4. The van der Waals surface area contributed by atoms with Crippen LogP contribution >= 0.6 is 11.8 Å². The summed E-state index contributed by atoms with van der Waals surface area (Å²) in [5.41, 5.74) is 2.74. The van der Waals surface area contributed by atoms with Gasteiger partial charge in [-0.15, -0.1) is 11.8 Å². The molecule has 0 saturated carbocycles. The van der Waals surface area contributed by atoms with Gasteiger partial charge in [-0.1, -0.05) is 72.8 Å². The average Bonchev–Trinajstić information content (AvgIpc) is 3.48. The van der Waals surface area contributed by atoms with Crippen molar-refractivity contribution in [1.29, 1.82) is 5.26 Å². The van der Waals surface area contributed by atoms with E-state index in [1.807, 2.05) is 84.9 Å². The zero-order valence-electron chi connectivity index (χ0n) is 31.2. The van der Waals surface area contributed by atoms with Crippen LogP contribution in [0.4, 0.5) is 5.69 Å². The second-order valence-corrected chi connectivity index (χ2v) is 16.2. The minimum Gasteiger partial charge on any atom is -0.495 e. The zero-order chi connectivity index (χ0) is 37.9. The predicted octanol–water partition coefficient (Wildman–Crippen LogP) is 7.14. The Morgan fingerprint density at radius 2 is 1.50 bits per heavy atom. The van der Waals surface area contributed by atoms with Crippen molar-refractivity contribution in [1.82, 2.24) is 10.2 Å². The first-order valence-corrected chi connectivity index (χ1v) is 20.6. The number of ether oxygens (including phenoxy) is 1. The number of nitrogens with zero attached hydrogens (tertiary/aromatic N) is 3. The molecule has 3 heterocycles. The third-order valence-corrected chi connectivity index (χ3v) is 12.6. The summed E-state index contributed by atoms with van der Waals surface area (Å²) in [7, 11) is 1.59. The van der Waals surface area contributed by atoms with Crippen LogP contribution in [0.25, 0.3) is 0 Å². The molecule has 0 unspecified atom stereocenters. The molecule has 0 aliphatic carbocycles. The number of Topliss-reactive ketones (excluding diaryl/α,β-unsaturated/α-hetero) is 1. The first kappa shape index (κ1) is 39.1. The standard InChI is InChI=1S/C44H52N4O5S/c1-53-40-20-9-8-19-38(40)47-25-11-10-18-37(44(47)52)46-42(50)34(28-32-15-6-3-7-16-32)23-22-33(27-31-13-4-2-5-14-31)39(49)29-35-24-26-54-41-21-12-17-36(30-45)48(41)43(35)51/h2-9,13-16,19-20,33-37,41H,10-12,17-18,21-29H2,1H3,(H,46,50)/t33-,34-,35-,36+,37+,41+/m1/s1. The number of methoxy groups -OCH3 is 1. The Morgan fingerprint density at radius 1 is 0.833 bits per heavy atom. The molecule has 1 N–H and O–H groups in total. The number of hydrogen-bond acceptors (Lipinski definition) is 7. The van der Waals surface area contributed by atoms with Crippen LogP contribution in [-0.4, -0.2) is 65.3 Å². The van der Waals surface area contributed by atoms with E-state index in [0.717, 1.165) is 42.6 Å². The lowest BCUT2D eigenvalue weighted by Gasteiger charge is -2.38. The highest BCUT2D eigenvalue weighted by Gasteiger charge is 2.41. The molecular formula is C44H52N4O5S. The molecule has 6 rings (SSSR count). The van der Waals surface area contributed by atoms with Gasteiger partial charge in [-0.2, -0.15) is 5.26 Å². The molecule has 3 aromatic rings. The molecule has 9 nitrogen and oxygen atoms in total. The fourth-order valence-electron chi connectivity index (χ4n) is 8.29. The molecule has 0 aromatic heterocycles. The summed E-state index contributed by atoms with van der Waals surface area (Å²) in [6.07, 6.45) is 7.26. The van der Waals surface area contributed by atoms with Crippen LogP contribution in [-0.2, 0) is 32.0 Å². The Morgan fingerprint density at radius 3 is 2.20 bits per heavy atom. The Labute approximate surface area is 323 Å². The number of anilines is 1. The van der Waals surface area contributed by atoms with Gasteiger partial charge in [0.2, 0.25) is 17.7 Å². The number of carbonyl (C=O) groups excluding carboxylic acids is 4. The second kappa shape index (κ2) is 19.1. The molecular weight excluding hydrogens is 697 g/mol. The number of piperidine rings is 1. The maximum Gasteiger partial charge on any atom is 0.249 e. The van der Waals surface area contributed by atoms with Crippen molar-refractivity contribution in [2.75, 3.05) is 24.3 Å². The number of nitrogens with one attached hydrogen (secondary N) is 1. The van der Waals surface area contributed by atoms with Crippen molar-refractivity contribution in [2.45, 2.75) is 94.5 Å². The van der Waals surface area contributed by atoms with E-state index >= 15 is 0 Å². The number of fused-ring (bicyclic) bond motifs is 1. The summed E-state index contributed by atoms with van der Waals surface area (Å²) < 4.78 is 5.57. The molecule has 0 bridgehead atoms. The van der Waals surface area contributed by atoms with Crippen LogP contribution in [0.1, 0.15) is 75.3 Å². The number of benzene rings is 3. The van der Waals surface area contributed by atoms with Gasteiger partial charge < -0.3 is 19.9 Å². The van der Waals surface area contributed by atoms with E-state index in [2.05, 4.69) is 11.4 Å². The van der Waals surface area contributed by atoms with E-state index < -0.39 is 29.8 Å². The lowest BCUT2D eigenvalue weighted by Crippen LogP contribution is -2.49. The molecule has 54 heavy (non-hydrogen) atoms. The summed E-state index contributed by atoms with van der Waals surface area (Å²) in [5, 5.41) is 13.0. The van der Waals surface area contributed by atoms with Crippen LogP contribution < -0.4 is 15.0 Å².